The summed E-state index contributed by atoms with van der Waals surface area (Å²) in [4.78, 5) is 13.0. The molecular weight excluding hydrogens is 426 g/mol. The van der Waals surface area contributed by atoms with Gasteiger partial charge in [-0.05, 0) is 47.9 Å². The molecule has 0 aliphatic rings. The molecule has 0 fully saturated rings. The van der Waals surface area contributed by atoms with Gasteiger partial charge in [-0.15, -0.1) is 0 Å². The van der Waals surface area contributed by atoms with Gasteiger partial charge < -0.3 is 15.8 Å². The van der Waals surface area contributed by atoms with Crippen LogP contribution in [0.5, 0.6) is 5.75 Å². The zero-order valence-electron chi connectivity index (χ0n) is 17.8. The van der Waals surface area contributed by atoms with Crippen LogP contribution in [0.2, 0.25) is 0 Å². The molecule has 0 spiro atoms. The van der Waals surface area contributed by atoms with Gasteiger partial charge in [0.15, 0.2) is 0 Å². The van der Waals surface area contributed by atoms with E-state index in [9.17, 15) is 13.2 Å². The number of hydrogen-bond donors (Lipinski definition) is 3. The Hall–Kier alpha value is -3.20. The summed E-state index contributed by atoms with van der Waals surface area (Å²) in [7, 11) is -3.64. The Kier molecular flexibility index (Phi) is 7.99. The van der Waals surface area contributed by atoms with Crippen molar-refractivity contribution in [1.29, 1.82) is 0 Å². The average molecular weight is 454 g/mol. The van der Waals surface area contributed by atoms with Crippen LogP contribution in [-0.4, -0.2) is 20.1 Å². The van der Waals surface area contributed by atoms with Gasteiger partial charge in [-0.25, -0.2) is 8.42 Å². The van der Waals surface area contributed by atoms with E-state index < -0.39 is 22.0 Å². The lowest BCUT2D eigenvalue weighted by Crippen LogP contribution is -2.37. The third-order valence-electron chi connectivity index (χ3n) is 4.83. The van der Waals surface area contributed by atoms with E-state index in [1.807, 2.05) is 36.4 Å². The van der Waals surface area contributed by atoms with E-state index in [0.717, 1.165) is 11.1 Å². The quantitative estimate of drug-likeness (QED) is 0.436. The molecule has 0 saturated carbocycles. The Labute approximate surface area is 188 Å². The zero-order chi connectivity index (χ0) is 23.0. The van der Waals surface area contributed by atoms with Gasteiger partial charge in [0.25, 0.3) is 0 Å². The molecule has 0 aliphatic carbocycles. The molecule has 3 rings (SSSR count). The molecule has 0 radical (unpaired) electrons. The van der Waals surface area contributed by atoms with E-state index in [1.165, 1.54) is 6.92 Å². The van der Waals surface area contributed by atoms with Crippen LogP contribution in [0.3, 0.4) is 0 Å². The monoisotopic (exact) mass is 453 g/mol. The predicted octanol–water partition coefficient (Wildman–Crippen LogP) is 3.34. The van der Waals surface area contributed by atoms with Gasteiger partial charge in [0, 0.05) is 12.2 Å². The highest BCUT2D eigenvalue weighted by atomic mass is 32.2. The largest absolute Gasteiger partial charge is 0.489 e. The number of nitrogens with two attached hydrogens (primary N) is 1. The van der Waals surface area contributed by atoms with Crippen molar-refractivity contribution in [2.75, 3.05) is 11.1 Å². The van der Waals surface area contributed by atoms with Gasteiger partial charge in [0.05, 0.1) is 5.75 Å². The summed E-state index contributed by atoms with van der Waals surface area (Å²) in [6.45, 7) is 2.26. The summed E-state index contributed by atoms with van der Waals surface area (Å²) in [6, 6.07) is 22.6. The van der Waals surface area contributed by atoms with E-state index in [0.29, 0.717) is 30.2 Å². The van der Waals surface area contributed by atoms with Crippen molar-refractivity contribution in [3.63, 3.8) is 0 Å². The second kappa shape index (κ2) is 10.9. The summed E-state index contributed by atoms with van der Waals surface area (Å²) in [5.74, 6) is -0.0162. The number of ether oxygens (including phenoxy) is 1. The number of carbonyl (C=O) groups excluding carboxylic acids is 1. The van der Waals surface area contributed by atoms with Gasteiger partial charge in [0.2, 0.25) is 15.9 Å². The standard InChI is InChI=1S/C24H27N3O4S/c1-2-32(29,30)27-23(24(28)26-21-10-6-9-19(15-21)16-25)20-11-13-22(14-12-20)31-17-18-7-4-3-5-8-18/h3-15,23,27H,2,16-17,25H2,1H3,(H,26,28)/t23-/m1/s1. The Balaban J connectivity index is 1.77. The lowest BCUT2D eigenvalue weighted by molar-refractivity contribution is -0.117. The number of carbonyl (C=O) groups is 1. The second-order valence-electron chi connectivity index (χ2n) is 7.19. The summed E-state index contributed by atoms with van der Waals surface area (Å²) in [5, 5.41) is 2.77. The number of hydrogen-bond acceptors (Lipinski definition) is 5. The molecule has 3 aromatic carbocycles. The molecule has 1 atom stereocenters. The second-order valence-corrected chi connectivity index (χ2v) is 9.23. The van der Waals surface area contributed by atoms with Crippen LogP contribution in [0.25, 0.3) is 0 Å². The van der Waals surface area contributed by atoms with Crippen molar-refractivity contribution in [3.8, 4) is 5.75 Å². The molecule has 0 heterocycles. The fourth-order valence-electron chi connectivity index (χ4n) is 3.02. The first-order valence-corrected chi connectivity index (χ1v) is 11.9. The van der Waals surface area contributed by atoms with E-state index in [-0.39, 0.29) is 5.75 Å². The smallest absolute Gasteiger partial charge is 0.247 e. The fourth-order valence-corrected chi connectivity index (χ4v) is 3.79. The molecule has 4 N–H and O–H groups in total. The first-order valence-electron chi connectivity index (χ1n) is 10.3. The minimum atomic E-state index is -3.64. The lowest BCUT2D eigenvalue weighted by Gasteiger charge is -2.19. The highest BCUT2D eigenvalue weighted by molar-refractivity contribution is 7.89. The number of anilines is 1. The average Bonchev–Trinajstić information content (AvgIpc) is 2.82. The molecule has 32 heavy (non-hydrogen) atoms. The first-order chi connectivity index (χ1) is 15.4. The van der Waals surface area contributed by atoms with Gasteiger partial charge in [-0.1, -0.05) is 54.6 Å². The fraction of sp³-hybridized carbons (Fsp3) is 0.208. The van der Waals surface area contributed by atoms with Crippen molar-refractivity contribution in [3.05, 3.63) is 95.6 Å². The van der Waals surface area contributed by atoms with Crippen LogP contribution in [0.15, 0.2) is 78.9 Å². The van der Waals surface area contributed by atoms with Crippen LogP contribution < -0.4 is 20.5 Å². The molecule has 0 saturated heterocycles. The Bertz CT molecular complexity index is 1130. The van der Waals surface area contributed by atoms with Crippen LogP contribution in [0.4, 0.5) is 5.69 Å². The van der Waals surface area contributed by atoms with Crippen molar-refractivity contribution in [2.24, 2.45) is 5.73 Å². The number of benzene rings is 3. The molecule has 8 heteroatoms. The van der Waals surface area contributed by atoms with Crippen molar-refractivity contribution in [1.82, 2.24) is 4.72 Å². The third-order valence-corrected chi connectivity index (χ3v) is 6.19. The summed E-state index contributed by atoms with van der Waals surface area (Å²) >= 11 is 0. The van der Waals surface area contributed by atoms with Crippen LogP contribution in [-0.2, 0) is 28.0 Å². The summed E-state index contributed by atoms with van der Waals surface area (Å²) in [6.07, 6.45) is 0. The molecule has 3 aromatic rings. The maximum absolute atomic E-state index is 13.0. The number of amides is 1. The lowest BCUT2D eigenvalue weighted by atomic mass is 10.1. The van der Waals surface area contributed by atoms with Crippen molar-refractivity contribution in [2.45, 2.75) is 26.1 Å². The minimum Gasteiger partial charge on any atom is -0.489 e. The van der Waals surface area contributed by atoms with E-state index >= 15 is 0 Å². The Morgan fingerprint density at radius 1 is 0.969 bits per heavy atom. The molecule has 7 nitrogen and oxygen atoms in total. The zero-order valence-corrected chi connectivity index (χ0v) is 18.6. The van der Waals surface area contributed by atoms with Crippen LogP contribution in [0.1, 0.15) is 29.7 Å². The number of nitrogens with one attached hydrogen (secondary N) is 2. The van der Waals surface area contributed by atoms with Crippen molar-refractivity contribution < 1.29 is 17.9 Å². The molecule has 0 aliphatic heterocycles. The summed E-state index contributed by atoms with van der Waals surface area (Å²) in [5.41, 5.74) is 8.59. The topological polar surface area (TPSA) is 111 Å². The highest BCUT2D eigenvalue weighted by Gasteiger charge is 2.25. The maximum Gasteiger partial charge on any atom is 0.247 e. The van der Waals surface area contributed by atoms with Gasteiger partial charge in [-0.3, -0.25) is 4.79 Å². The molecule has 0 unspecified atom stereocenters. The van der Waals surface area contributed by atoms with E-state index in [2.05, 4.69) is 10.0 Å². The summed E-state index contributed by atoms with van der Waals surface area (Å²) < 4.78 is 32.7. The van der Waals surface area contributed by atoms with Crippen LogP contribution in [0, 0.1) is 0 Å². The Morgan fingerprint density at radius 3 is 2.31 bits per heavy atom. The Morgan fingerprint density at radius 2 is 1.66 bits per heavy atom. The number of sulfonamides is 1. The molecule has 0 aromatic heterocycles. The SMILES string of the molecule is CCS(=O)(=O)N[C@@H](C(=O)Nc1cccc(CN)c1)c1ccc(OCc2ccccc2)cc1. The third kappa shape index (κ3) is 6.65. The normalized spacial score (nSPS) is 12.2. The van der Waals surface area contributed by atoms with E-state index in [4.69, 9.17) is 10.5 Å². The highest BCUT2D eigenvalue weighted by Crippen LogP contribution is 2.22. The minimum absolute atomic E-state index is 0.141. The predicted molar refractivity (Wildman–Crippen MR) is 126 cm³/mol. The van der Waals surface area contributed by atoms with Gasteiger partial charge in [0.1, 0.15) is 18.4 Å². The number of rotatable bonds is 10. The van der Waals surface area contributed by atoms with E-state index in [1.54, 1.807) is 42.5 Å². The maximum atomic E-state index is 13.0. The van der Waals surface area contributed by atoms with Crippen LogP contribution >= 0.6 is 0 Å². The molecular formula is C24H27N3O4S. The molecule has 168 valence electrons. The first kappa shape index (κ1) is 23.5. The van der Waals surface area contributed by atoms with Crippen molar-refractivity contribution >= 4 is 21.6 Å². The molecule has 0 bridgehead atoms. The van der Waals surface area contributed by atoms with Gasteiger partial charge >= 0.3 is 0 Å². The van der Waals surface area contributed by atoms with Gasteiger partial charge in [-0.2, -0.15) is 4.72 Å². The molecule has 1 amide bonds.